The molecular formula is C11H20N2. The Hall–Kier alpha value is -0.340. The number of nitrogens with one attached hydrogen (secondary N) is 1. The van der Waals surface area contributed by atoms with Crippen LogP contribution in [0.25, 0.3) is 0 Å². The Kier molecular flexibility index (Phi) is 2.70. The zero-order valence-electron chi connectivity index (χ0n) is 8.37. The average Bonchev–Trinajstić information content (AvgIpc) is 2.49. The van der Waals surface area contributed by atoms with Gasteiger partial charge in [0.15, 0.2) is 0 Å². The molecule has 13 heavy (non-hydrogen) atoms. The number of hydrogen-bond donors (Lipinski definition) is 2. The summed E-state index contributed by atoms with van der Waals surface area (Å²) in [4.78, 5) is 0. The molecule has 0 aromatic carbocycles. The standard InChI is InChI=1S/C11H20N2/c1-8-2-5-11(8)13-7-9-3-4-10(12)6-9/h3-4,8-11,13H,2,5-7,12H2,1H3. The van der Waals surface area contributed by atoms with Crippen LogP contribution in [0.2, 0.25) is 0 Å². The van der Waals surface area contributed by atoms with E-state index in [0.29, 0.717) is 12.0 Å². The van der Waals surface area contributed by atoms with E-state index < -0.39 is 0 Å². The van der Waals surface area contributed by atoms with Gasteiger partial charge in [0.2, 0.25) is 0 Å². The van der Waals surface area contributed by atoms with Crippen LogP contribution in [0.4, 0.5) is 0 Å². The minimum absolute atomic E-state index is 0.311. The van der Waals surface area contributed by atoms with Crippen molar-refractivity contribution in [3.63, 3.8) is 0 Å². The van der Waals surface area contributed by atoms with Gasteiger partial charge >= 0.3 is 0 Å². The van der Waals surface area contributed by atoms with Gasteiger partial charge in [-0.2, -0.15) is 0 Å². The molecular weight excluding hydrogens is 160 g/mol. The van der Waals surface area contributed by atoms with E-state index in [4.69, 9.17) is 5.73 Å². The van der Waals surface area contributed by atoms with Crippen LogP contribution in [0.3, 0.4) is 0 Å². The van der Waals surface area contributed by atoms with E-state index in [0.717, 1.165) is 24.9 Å². The van der Waals surface area contributed by atoms with Crippen molar-refractivity contribution in [1.29, 1.82) is 0 Å². The third-order valence-electron chi connectivity index (χ3n) is 3.47. The zero-order chi connectivity index (χ0) is 9.26. The van der Waals surface area contributed by atoms with Crippen molar-refractivity contribution < 1.29 is 0 Å². The van der Waals surface area contributed by atoms with Gasteiger partial charge < -0.3 is 11.1 Å². The smallest absolute Gasteiger partial charge is 0.0229 e. The van der Waals surface area contributed by atoms with Gasteiger partial charge in [-0.3, -0.25) is 0 Å². The summed E-state index contributed by atoms with van der Waals surface area (Å²) in [6.07, 6.45) is 8.30. The van der Waals surface area contributed by atoms with Crippen molar-refractivity contribution in [2.24, 2.45) is 17.6 Å². The summed E-state index contributed by atoms with van der Waals surface area (Å²) < 4.78 is 0. The highest BCUT2D eigenvalue weighted by Crippen LogP contribution is 2.27. The summed E-state index contributed by atoms with van der Waals surface area (Å²) in [6, 6.07) is 1.09. The highest BCUT2D eigenvalue weighted by molar-refractivity contribution is 5.05. The first-order chi connectivity index (χ1) is 6.25. The third-order valence-corrected chi connectivity index (χ3v) is 3.47. The van der Waals surface area contributed by atoms with E-state index in [1.54, 1.807) is 0 Å². The van der Waals surface area contributed by atoms with Crippen LogP contribution in [-0.4, -0.2) is 18.6 Å². The van der Waals surface area contributed by atoms with E-state index >= 15 is 0 Å². The summed E-state index contributed by atoms with van der Waals surface area (Å²) in [5.74, 6) is 1.57. The molecule has 0 aliphatic heterocycles. The summed E-state index contributed by atoms with van der Waals surface area (Å²) in [6.45, 7) is 3.45. The molecule has 2 nitrogen and oxygen atoms in total. The maximum Gasteiger partial charge on any atom is 0.0229 e. The molecule has 0 spiro atoms. The molecule has 0 aromatic rings. The lowest BCUT2D eigenvalue weighted by molar-refractivity contribution is 0.224. The van der Waals surface area contributed by atoms with Crippen LogP contribution in [0.5, 0.6) is 0 Å². The number of hydrogen-bond acceptors (Lipinski definition) is 2. The fourth-order valence-electron chi connectivity index (χ4n) is 2.23. The van der Waals surface area contributed by atoms with Gasteiger partial charge in [-0.15, -0.1) is 0 Å². The van der Waals surface area contributed by atoms with Gasteiger partial charge in [0.05, 0.1) is 0 Å². The highest BCUT2D eigenvalue weighted by Gasteiger charge is 2.27. The monoisotopic (exact) mass is 180 g/mol. The van der Waals surface area contributed by atoms with Gasteiger partial charge in [-0.1, -0.05) is 19.1 Å². The second-order valence-corrected chi connectivity index (χ2v) is 4.61. The van der Waals surface area contributed by atoms with E-state index in [-0.39, 0.29) is 0 Å². The molecule has 3 N–H and O–H groups in total. The molecule has 0 radical (unpaired) electrons. The quantitative estimate of drug-likeness (QED) is 0.642. The maximum atomic E-state index is 5.79. The van der Waals surface area contributed by atoms with Crippen LogP contribution in [-0.2, 0) is 0 Å². The molecule has 74 valence electrons. The predicted molar refractivity (Wildman–Crippen MR) is 55.4 cm³/mol. The molecule has 1 saturated carbocycles. The van der Waals surface area contributed by atoms with Crippen molar-refractivity contribution in [1.82, 2.24) is 5.32 Å². The first-order valence-electron chi connectivity index (χ1n) is 5.43. The Bertz CT molecular complexity index is 200. The molecule has 4 unspecified atom stereocenters. The molecule has 4 atom stereocenters. The first-order valence-corrected chi connectivity index (χ1v) is 5.43. The van der Waals surface area contributed by atoms with Gasteiger partial charge in [0.1, 0.15) is 0 Å². The number of nitrogens with two attached hydrogens (primary N) is 1. The molecule has 0 heterocycles. The second kappa shape index (κ2) is 3.81. The molecule has 2 aliphatic carbocycles. The van der Waals surface area contributed by atoms with Crippen LogP contribution in [0.15, 0.2) is 12.2 Å². The Balaban J connectivity index is 1.66. The Morgan fingerprint density at radius 3 is 2.69 bits per heavy atom. The van der Waals surface area contributed by atoms with Crippen molar-refractivity contribution in [3.8, 4) is 0 Å². The molecule has 2 rings (SSSR count). The van der Waals surface area contributed by atoms with Gasteiger partial charge in [-0.05, 0) is 31.1 Å². The van der Waals surface area contributed by atoms with Crippen LogP contribution in [0, 0.1) is 11.8 Å². The highest BCUT2D eigenvalue weighted by atomic mass is 14.9. The average molecular weight is 180 g/mol. The molecule has 0 amide bonds. The molecule has 2 heteroatoms. The Morgan fingerprint density at radius 1 is 1.38 bits per heavy atom. The lowest BCUT2D eigenvalue weighted by Gasteiger charge is -2.35. The molecule has 1 fully saturated rings. The molecule has 0 bridgehead atoms. The van der Waals surface area contributed by atoms with Crippen molar-refractivity contribution in [2.45, 2.75) is 38.3 Å². The van der Waals surface area contributed by atoms with Crippen molar-refractivity contribution >= 4 is 0 Å². The summed E-state index contributed by atoms with van der Waals surface area (Å²) in [5, 5.41) is 3.62. The Labute approximate surface area is 80.6 Å². The summed E-state index contributed by atoms with van der Waals surface area (Å²) >= 11 is 0. The first kappa shape index (κ1) is 9.22. The lowest BCUT2D eigenvalue weighted by atomic mass is 9.81. The summed E-state index contributed by atoms with van der Waals surface area (Å²) in [7, 11) is 0. The maximum absolute atomic E-state index is 5.79. The van der Waals surface area contributed by atoms with Crippen LogP contribution >= 0.6 is 0 Å². The second-order valence-electron chi connectivity index (χ2n) is 4.61. The predicted octanol–water partition coefficient (Wildman–Crippen LogP) is 1.28. The number of rotatable bonds is 3. The third kappa shape index (κ3) is 2.12. The van der Waals surface area contributed by atoms with E-state index in [2.05, 4.69) is 24.4 Å². The Morgan fingerprint density at radius 2 is 2.23 bits per heavy atom. The van der Waals surface area contributed by atoms with E-state index in [9.17, 15) is 0 Å². The van der Waals surface area contributed by atoms with Gasteiger partial charge in [0, 0.05) is 18.6 Å². The minimum atomic E-state index is 0.311. The van der Waals surface area contributed by atoms with Gasteiger partial charge in [-0.25, -0.2) is 0 Å². The topological polar surface area (TPSA) is 38.0 Å². The minimum Gasteiger partial charge on any atom is -0.324 e. The summed E-state index contributed by atoms with van der Waals surface area (Å²) in [5.41, 5.74) is 5.79. The molecule has 0 aromatic heterocycles. The normalized spacial score (nSPS) is 43.5. The van der Waals surface area contributed by atoms with Crippen molar-refractivity contribution in [3.05, 3.63) is 12.2 Å². The van der Waals surface area contributed by atoms with E-state index in [1.807, 2.05) is 0 Å². The van der Waals surface area contributed by atoms with Crippen molar-refractivity contribution in [2.75, 3.05) is 6.54 Å². The molecule has 2 aliphatic rings. The van der Waals surface area contributed by atoms with Crippen LogP contribution < -0.4 is 11.1 Å². The fraction of sp³-hybridized carbons (Fsp3) is 0.818. The SMILES string of the molecule is CC1CCC1NCC1C=CC(N)C1. The van der Waals surface area contributed by atoms with Gasteiger partial charge in [0.25, 0.3) is 0 Å². The fourth-order valence-corrected chi connectivity index (χ4v) is 2.23. The van der Waals surface area contributed by atoms with E-state index in [1.165, 1.54) is 12.8 Å². The zero-order valence-corrected chi connectivity index (χ0v) is 8.37. The lowest BCUT2D eigenvalue weighted by Crippen LogP contribution is -2.44. The largest absolute Gasteiger partial charge is 0.324 e. The van der Waals surface area contributed by atoms with Crippen LogP contribution in [0.1, 0.15) is 26.2 Å². The molecule has 0 saturated heterocycles.